The molecule has 4 unspecified atom stereocenters. The van der Waals surface area contributed by atoms with Crippen LogP contribution in [0, 0.1) is 11.8 Å². The van der Waals surface area contributed by atoms with E-state index in [2.05, 4.69) is 0 Å². The fourth-order valence-electron chi connectivity index (χ4n) is 1.91. The van der Waals surface area contributed by atoms with Crippen LogP contribution in [0.15, 0.2) is 0 Å². The van der Waals surface area contributed by atoms with Gasteiger partial charge < -0.3 is 20.4 Å². The van der Waals surface area contributed by atoms with Crippen LogP contribution in [0.25, 0.3) is 0 Å². The van der Waals surface area contributed by atoms with E-state index in [1.54, 1.807) is 13.8 Å². The normalized spacial score (nSPS) is 20.1. The SMILES string of the molecule is CC(CO)CC(C)CO.CCC(C)(O)CC(C)(O)CC. The number of hydrogen-bond acceptors (Lipinski definition) is 4. The van der Waals surface area contributed by atoms with E-state index in [1.165, 1.54) is 0 Å². The van der Waals surface area contributed by atoms with Gasteiger partial charge in [0.2, 0.25) is 0 Å². The number of aliphatic hydroxyl groups excluding tert-OH is 2. The van der Waals surface area contributed by atoms with E-state index in [0.717, 1.165) is 6.42 Å². The first-order valence-corrected chi connectivity index (χ1v) is 7.70. The minimum absolute atomic E-state index is 0.227. The third kappa shape index (κ3) is 12.9. The standard InChI is InChI=1S/C9H20O2.C7H16O2/c1-5-8(3,10)7-9(4,11)6-2;1-6(4-8)3-7(2)5-9/h10-11H,5-7H2,1-4H3;6-9H,3-5H2,1-2H3. The number of hydrogen-bond donors (Lipinski definition) is 4. The molecule has 0 aliphatic heterocycles. The molecule has 0 aliphatic carbocycles. The van der Waals surface area contributed by atoms with Crippen LogP contribution in [0.5, 0.6) is 0 Å². The Kier molecular flexibility index (Phi) is 11.7. The third-order valence-electron chi connectivity index (χ3n) is 3.71. The molecule has 4 heteroatoms. The van der Waals surface area contributed by atoms with Crippen molar-refractivity contribution in [1.29, 1.82) is 0 Å². The molecule has 0 spiro atoms. The van der Waals surface area contributed by atoms with Crippen LogP contribution in [-0.4, -0.2) is 44.8 Å². The van der Waals surface area contributed by atoms with Gasteiger partial charge in [0.1, 0.15) is 0 Å². The van der Waals surface area contributed by atoms with E-state index < -0.39 is 11.2 Å². The van der Waals surface area contributed by atoms with Crippen LogP contribution in [0.2, 0.25) is 0 Å². The van der Waals surface area contributed by atoms with Gasteiger partial charge in [-0.1, -0.05) is 27.7 Å². The molecule has 20 heavy (non-hydrogen) atoms. The molecule has 0 aromatic carbocycles. The zero-order valence-electron chi connectivity index (χ0n) is 14.2. The highest BCUT2D eigenvalue weighted by molar-refractivity contribution is 4.82. The molecule has 4 nitrogen and oxygen atoms in total. The van der Waals surface area contributed by atoms with Crippen LogP contribution in [0.3, 0.4) is 0 Å². The van der Waals surface area contributed by atoms with Crippen LogP contribution < -0.4 is 0 Å². The van der Waals surface area contributed by atoms with Crippen molar-refractivity contribution in [3.05, 3.63) is 0 Å². The van der Waals surface area contributed by atoms with Crippen LogP contribution in [0.1, 0.15) is 67.2 Å². The van der Waals surface area contributed by atoms with Gasteiger partial charge in [-0.3, -0.25) is 0 Å². The molecule has 0 heterocycles. The van der Waals surface area contributed by atoms with Crippen LogP contribution >= 0.6 is 0 Å². The lowest BCUT2D eigenvalue weighted by atomic mass is 9.86. The zero-order valence-corrected chi connectivity index (χ0v) is 14.2. The van der Waals surface area contributed by atoms with Gasteiger partial charge in [-0.05, 0) is 44.9 Å². The van der Waals surface area contributed by atoms with Gasteiger partial charge in [0.25, 0.3) is 0 Å². The average Bonchev–Trinajstić information content (AvgIpc) is 2.38. The second kappa shape index (κ2) is 10.6. The lowest BCUT2D eigenvalue weighted by molar-refractivity contribution is -0.0485. The summed E-state index contributed by atoms with van der Waals surface area (Å²) in [6, 6.07) is 0. The first-order valence-electron chi connectivity index (χ1n) is 7.70. The first-order chi connectivity index (χ1) is 9.03. The van der Waals surface area contributed by atoms with E-state index in [4.69, 9.17) is 10.2 Å². The Hall–Kier alpha value is -0.160. The summed E-state index contributed by atoms with van der Waals surface area (Å²) < 4.78 is 0. The van der Waals surface area contributed by atoms with Crippen molar-refractivity contribution in [2.24, 2.45) is 11.8 Å². The van der Waals surface area contributed by atoms with E-state index >= 15 is 0 Å². The highest BCUT2D eigenvalue weighted by Gasteiger charge is 2.29. The van der Waals surface area contributed by atoms with Crippen LogP contribution in [-0.2, 0) is 0 Å². The Labute approximate surface area is 124 Å². The number of aliphatic hydroxyl groups is 4. The Morgan fingerprint density at radius 1 is 0.800 bits per heavy atom. The lowest BCUT2D eigenvalue weighted by Crippen LogP contribution is -2.36. The van der Waals surface area contributed by atoms with Crippen molar-refractivity contribution in [3.8, 4) is 0 Å². The fourth-order valence-corrected chi connectivity index (χ4v) is 1.91. The molecule has 0 fully saturated rings. The Morgan fingerprint density at radius 3 is 1.30 bits per heavy atom. The van der Waals surface area contributed by atoms with E-state index in [-0.39, 0.29) is 13.2 Å². The summed E-state index contributed by atoms with van der Waals surface area (Å²) in [7, 11) is 0. The molecule has 0 aliphatic rings. The maximum Gasteiger partial charge on any atom is 0.0644 e. The average molecular weight is 292 g/mol. The Morgan fingerprint density at radius 2 is 1.10 bits per heavy atom. The van der Waals surface area contributed by atoms with Crippen molar-refractivity contribution in [2.45, 2.75) is 78.4 Å². The Balaban J connectivity index is 0. The summed E-state index contributed by atoms with van der Waals surface area (Å²) in [5.74, 6) is 0.652. The van der Waals surface area contributed by atoms with Gasteiger partial charge in [0, 0.05) is 19.6 Å². The molecule has 0 saturated heterocycles. The highest BCUT2D eigenvalue weighted by Crippen LogP contribution is 2.25. The minimum atomic E-state index is -0.723. The molecular weight excluding hydrogens is 256 g/mol. The maximum atomic E-state index is 9.63. The topological polar surface area (TPSA) is 80.9 Å². The van der Waals surface area contributed by atoms with Gasteiger partial charge in [0.15, 0.2) is 0 Å². The minimum Gasteiger partial charge on any atom is -0.396 e. The van der Waals surface area contributed by atoms with E-state index in [9.17, 15) is 10.2 Å². The highest BCUT2D eigenvalue weighted by atomic mass is 16.3. The predicted octanol–water partition coefficient (Wildman–Crippen LogP) is 2.33. The van der Waals surface area contributed by atoms with Crippen molar-refractivity contribution >= 4 is 0 Å². The summed E-state index contributed by atoms with van der Waals surface area (Å²) in [4.78, 5) is 0. The summed E-state index contributed by atoms with van der Waals surface area (Å²) in [5.41, 5.74) is -1.45. The van der Waals surface area contributed by atoms with Gasteiger partial charge >= 0.3 is 0 Å². The molecule has 0 aromatic heterocycles. The second-order valence-electron chi connectivity index (χ2n) is 6.69. The van der Waals surface area contributed by atoms with Gasteiger partial charge in [-0.25, -0.2) is 0 Å². The monoisotopic (exact) mass is 292 g/mol. The molecule has 0 rings (SSSR count). The predicted molar refractivity (Wildman–Crippen MR) is 83.6 cm³/mol. The summed E-state index contributed by atoms with van der Waals surface area (Å²) in [6.45, 7) is 11.8. The van der Waals surface area contributed by atoms with E-state index in [0.29, 0.717) is 31.1 Å². The largest absolute Gasteiger partial charge is 0.396 e. The Bertz CT molecular complexity index is 205. The molecule has 4 atom stereocenters. The van der Waals surface area contributed by atoms with Gasteiger partial charge in [0.05, 0.1) is 11.2 Å². The first kappa shape index (κ1) is 22.1. The summed E-state index contributed by atoms with van der Waals surface area (Å²) >= 11 is 0. The maximum absolute atomic E-state index is 9.63. The molecule has 4 N–H and O–H groups in total. The van der Waals surface area contributed by atoms with Gasteiger partial charge in [-0.15, -0.1) is 0 Å². The molecular formula is C16H36O4. The van der Waals surface area contributed by atoms with Crippen LogP contribution in [0.4, 0.5) is 0 Å². The number of rotatable bonds is 8. The zero-order chi connectivity index (χ0) is 16.4. The van der Waals surface area contributed by atoms with Gasteiger partial charge in [-0.2, -0.15) is 0 Å². The fraction of sp³-hybridized carbons (Fsp3) is 1.00. The molecule has 0 aromatic rings. The molecule has 0 bridgehead atoms. The third-order valence-corrected chi connectivity index (χ3v) is 3.71. The molecule has 0 saturated carbocycles. The van der Waals surface area contributed by atoms with Crippen molar-refractivity contribution in [3.63, 3.8) is 0 Å². The second-order valence-corrected chi connectivity index (χ2v) is 6.69. The smallest absolute Gasteiger partial charge is 0.0644 e. The quantitative estimate of drug-likeness (QED) is 0.553. The summed E-state index contributed by atoms with van der Waals surface area (Å²) in [5, 5.41) is 36.5. The van der Waals surface area contributed by atoms with Crippen molar-refractivity contribution < 1.29 is 20.4 Å². The molecule has 124 valence electrons. The summed E-state index contributed by atoms with van der Waals surface area (Å²) in [6.07, 6.45) is 2.73. The van der Waals surface area contributed by atoms with Crippen molar-refractivity contribution in [1.82, 2.24) is 0 Å². The molecule has 0 amide bonds. The van der Waals surface area contributed by atoms with E-state index in [1.807, 2.05) is 27.7 Å². The lowest BCUT2D eigenvalue weighted by Gasteiger charge is -2.31. The molecule has 0 radical (unpaired) electrons. The van der Waals surface area contributed by atoms with Crippen molar-refractivity contribution in [2.75, 3.05) is 13.2 Å².